The molecule has 0 radical (unpaired) electrons. The fourth-order valence-electron chi connectivity index (χ4n) is 0.129. The highest BCUT2D eigenvalue weighted by Crippen LogP contribution is 1.66. The Balaban J connectivity index is 2.19. The van der Waals surface area contributed by atoms with Crippen molar-refractivity contribution in [3.63, 3.8) is 0 Å². The molecule has 0 aromatic carbocycles. The van der Waals surface area contributed by atoms with Crippen molar-refractivity contribution in [1.29, 1.82) is 0 Å². The van der Waals surface area contributed by atoms with Crippen molar-refractivity contribution in [3.05, 3.63) is 5.32 Å². The van der Waals surface area contributed by atoms with E-state index in [4.69, 9.17) is 5.73 Å². The van der Waals surface area contributed by atoms with Gasteiger partial charge in [0.15, 0.2) is 0 Å². The smallest absolute Gasteiger partial charge is 0.0266 e. The largest absolute Gasteiger partial charge is 0.664 e. The van der Waals surface area contributed by atoms with Gasteiger partial charge in [-0.1, -0.05) is 0 Å². The van der Waals surface area contributed by atoms with Gasteiger partial charge in [0.25, 0.3) is 0 Å². The molecular formula is C3H9N2-. The van der Waals surface area contributed by atoms with E-state index in [9.17, 15) is 0 Å². The van der Waals surface area contributed by atoms with Crippen LogP contribution in [0.25, 0.3) is 5.32 Å². The number of rotatable bonds is 2. The summed E-state index contributed by atoms with van der Waals surface area (Å²) < 4.78 is 0. The third-order valence-corrected chi connectivity index (χ3v) is 0.353. The van der Waals surface area contributed by atoms with Crippen LogP contribution in [0.3, 0.4) is 0 Å². The molecule has 32 valence electrons. The van der Waals surface area contributed by atoms with E-state index in [1.165, 1.54) is 0 Å². The molecule has 0 rings (SSSR count). The van der Waals surface area contributed by atoms with Crippen LogP contribution in [0.1, 0.15) is 0 Å². The molecule has 0 bridgehead atoms. The number of nitrogens with zero attached hydrogens (tertiary/aromatic N) is 1. The highest BCUT2D eigenvalue weighted by atomic mass is 14.8. The summed E-state index contributed by atoms with van der Waals surface area (Å²) >= 11 is 0. The summed E-state index contributed by atoms with van der Waals surface area (Å²) in [4.78, 5) is 0. The van der Waals surface area contributed by atoms with E-state index in [0.717, 1.165) is 6.54 Å². The Morgan fingerprint density at radius 3 is 2.40 bits per heavy atom. The first-order chi connectivity index (χ1) is 2.41. The van der Waals surface area contributed by atoms with E-state index in [-0.39, 0.29) is 0 Å². The third kappa shape index (κ3) is 3.92. The highest BCUT2D eigenvalue weighted by Gasteiger charge is 1.51. The normalized spacial score (nSPS) is 8.40. The van der Waals surface area contributed by atoms with Crippen LogP contribution in [-0.4, -0.2) is 20.1 Å². The molecule has 0 spiro atoms. The maximum atomic E-state index is 5.05. The molecule has 0 aliphatic rings. The zero-order valence-electron chi connectivity index (χ0n) is 3.44. The average Bonchev–Trinajstić information content (AvgIpc) is 1.41. The Bertz CT molecular complexity index is 12.4. The maximum absolute atomic E-state index is 5.05. The molecule has 0 unspecified atom stereocenters. The average molecular weight is 73.1 g/mol. The first kappa shape index (κ1) is 4.92. The van der Waals surface area contributed by atoms with Gasteiger partial charge in [-0.3, -0.25) is 0 Å². The molecule has 0 aliphatic carbocycles. The van der Waals surface area contributed by atoms with Crippen LogP contribution >= 0.6 is 0 Å². The van der Waals surface area contributed by atoms with Crippen molar-refractivity contribution in [1.82, 2.24) is 0 Å². The van der Waals surface area contributed by atoms with Gasteiger partial charge in [0.05, 0.1) is 0 Å². The topological polar surface area (TPSA) is 40.1 Å². The second kappa shape index (κ2) is 3.92. The first-order valence-corrected chi connectivity index (χ1v) is 1.67. The second-order valence-electron chi connectivity index (χ2n) is 0.829. The van der Waals surface area contributed by atoms with Gasteiger partial charge in [-0.2, -0.15) is 7.05 Å². The zero-order valence-corrected chi connectivity index (χ0v) is 3.44. The van der Waals surface area contributed by atoms with Gasteiger partial charge in [0.1, 0.15) is 0 Å². The number of likely N-dealkylation sites (N-methyl/N-ethyl adjacent to an activating group) is 1. The first-order valence-electron chi connectivity index (χ1n) is 1.67. The van der Waals surface area contributed by atoms with Crippen molar-refractivity contribution in [2.45, 2.75) is 0 Å². The predicted octanol–water partition coefficient (Wildman–Crippen LogP) is -0.0514. The Labute approximate surface area is 32.4 Å². The van der Waals surface area contributed by atoms with Crippen LogP contribution in [0.5, 0.6) is 0 Å². The standard InChI is InChI=1S/C3H9N2/c1-5-3-2-4/h2-4H2,1H3/q-1. The molecular weight excluding hydrogens is 64.0 g/mol. The summed E-state index contributed by atoms with van der Waals surface area (Å²) in [6, 6.07) is 0. The van der Waals surface area contributed by atoms with Crippen molar-refractivity contribution < 1.29 is 0 Å². The molecule has 0 fully saturated rings. The van der Waals surface area contributed by atoms with E-state index in [0.29, 0.717) is 6.54 Å². The lowest BCUT2D eigenvalue weighted by molar-refractivity contribution is 1.05. The lowest BCUT2D eigenvalue weighted by Crippen LogP contribution is -2.01. The molecule has 0 heterocycles. The van der Waals surface area contributed by atoms with Gasteiger partial charge >= 0.3 is 0 Å². The van der Waals surface area contributed by atoms with Crippen molar-refractivity contribution in [2.75, 3.05) is 20.1 Å². The van der Waals surface area contributed by atoms with Crippen LogP contribution in [0, 0.1) is 0 Å². The molecule has 5 heavy (non-hydrogen) atoms. The van der Waals surface area contributed by atoms with Crippen molar-refractivity contribution in [3.8, 4) is 0 Å². The molecule has 0 amide bonds. The minimum atomic E-state index is 0.677. The van der Waals surface area contributed by atoms with Crippen LogP contribution in [-0.2, 0) is 0 Å². The summed E-state index contributed by atoms with van der Waals surface area (Å²) in [5, 5.41) is 3.73. The minimum Gasteiger partial charge on any atom is -0.664 e. The van der Waals surface area contributed by atoms with E-state index < -0.39 is 0 Å². The molecule has 0 atom stereocenters. The molecule has 2 heteroatoms. The Morgan fingerprint density at radius 2 is 2.40 bits per heavy atom. The fourth-order valence-corrected chi connectivity index (χ4v) is 0.129. The minimum absolute atomic E-state index is 0.677. The van der Waals surface area contributed by atoms with Gasteiger partial charge in [-0.05, 0) is 6.54 Å². The van der Waals surface area contributed by atoms with E-state index in [2.05, 4.69) is 5.32 Å². The third-order valence-electron chi connectivity index (χ3n) is 0.353. The molecule has 0 aromatic rings. The van der Waals surface area contributed by atoms with Crippen molar-refractivity contribution >= 4 is 0 Å². The highest BCUT2D eigenvalue weighted by molar-refractivity contribution is 4.68. The van der Waals surface area contributed by atoms with Gasteiger partial charge < -0.3 is 11.1 Å². The molecule has 2 nitrogen and oxygen atoms in total. The van der Waals surface area contributed by atoms with Crippen LogP contribution in [0.15, 0.2) is 0 Å². The number of hydrogen-bond donors (Lipinski definition) is 1. The summed E-state index contributed by atoms with van der Waals surface area (Å²) in [6.45, 7) is 1.47. The van der Waals surface area contributed by atoms with E-state index >= 15 is 0 Å². The maximum Gasteiger partial charge on any atom is -0.0266 e. The molecule has 0 aliphatic heterocycles. The molecule has 0 saturated carbocycles. The van der Waals surface area contributed by atoms with Gasteiger partial charge in [0, 0.05) is 0 Å². The predicted molar refractivity (Wildman–Crippen MR) is 23.2 cm³/mol. The monoisotopic (exact) mass is 73.1 g/mol. The van der Waals surface area contributed by atoms with Crippen molar-refractivity contribution in [2.24, 2.45) is 5.73 Å². The SMILES string of the molecule is C[N-]CCN. The summed E-state index contributed by atoms with van der Waals surface area (Å²) in [5.74, 6) is 0. The van der Waals surface area contributed by atoms with Gasteiger partial charge in [-0.15, -0.1) is 6.54 Å². The molecule has 0 aromatic heterocycles. The zero-order chi connectivity index (χ0) is 4.12. The molecule has 2 N–H and O–H groups in total. The quantitative estimate of drug-likeness (QED) is 0.489. The number of hydrogen-bond acceptors (Lipinski definition) is 1. The summed E-state index contributed by atoms with van der Waals surface area (Å²) in [7, 11) is 1.76. The van der Waals surface area contributed by atoms with E-state index in [1.807, 2.05) is 0 Å². The lowest BCUT2D eigenvalue weighted by Gasteiger charge is -2.03. The van der Waals surface area contributed by atoms with Crippen LogP contribution in [0.2, 0.25) is 0 Å². The second-order valence-corrected chi connectivity index (χ2v) is 0.829. The number of nitrogens with two attached hydrogens (primary N) is 1. The van der Waals surface area contributed by atoms with Crippen LogP contribution in [0.4, 0.5) is 0 Å². The Kier molecular flexibility index (Phi) is 3.86. The van der Waals surface area contributed by atoms with Gasteiger partial charge in [-0.25, -0.2) is 0 Å². The fraction of sp³-hybridized carbons (Fsp3) is 1.00. The van der Waals surface area contributed by atoms with E-state index in [1.54, 1.807) is 7.05 Å². The Hall–Kier alpha value is -0.0800. The van der Waals surface area contributed by atoms with Gasteiger partial charge in [0.2, 0.25) is 0 Å². The lowest BCUT2D eigenvalue weighted by atomic mass is 10.7. The van der Waals surface area contributed by atoms with Crippen LogP contribution < -0.4 is 5.73 Å². The molecule has 0 saturated heterocycles. The summed E-state index contributed by atoms with van der Waals surface area (Å²) in [6.07, 6.45) is 0. The Morgan fingerprint density at radius 1 is 1.80 bits per heavy atom. The summed E-state index contributed by atoms with van der Waals surface area (Å²) in [5.41, 5.74) is 5.05.